The number of nitrogens with one attached hydrogen (secondary N) is 1. The van der Waals surface area contributed by atoms with Crippen LogP contribution in [0, 0.1) is 0 Å². The number of thioether (sulfide) groups is 1. The summed E-state index contributed by atoms with van der Waals surface area (Å²) in [6, 6.07) is 10.9. The maximum Gasteiger partial charge on any atom is 0.104 e. The van der Waals surface area contributed by atoms with Crippen LogP contribution in [0.4, 0.5) is 0 Å². The van der Waals surface area contributed by atoms with Gasteiger partial charge in [-0.1, -0.05) is 32.0 Å². The molecule has 1 aromatic carbocycles. The van der Waals surface area contributed by atoms with Gasteiger partial charge in [0, 0.05) is 29.5 Å². The van der Waals surface area contributed by atoms with Gasteiger partial charge in [-0.3, -0.25) is 0 Å². The third kappa shape index (κ3) is 5.43. The molecule has 114 valence electrons. The fraction of sp³-hybridized carbons (Fsp3) is 0.438. The van der Waals surface area contributed by atoms with Gasteiger partial charge in [0.2, 0.25) is 0 Å². The summed E-state index contributed by atoms with van der Waals surface area (Å²) in [5.41, 5.74) is 1.07. The topological polar surface area (TPSA) is 34.1 Å². The summed E-state index contributed by atoms with van der Waals surface area (Å²) in [6.45, 7) is 5.76. The van der Waals surface area contributed by atoms with E-state index in [1.54, 1.807) is 18.4 Å². The highest BCUT2D eigenvalue weighted by Gasteiger charge is 2.11. The van der Waals surface area contributed by atoms with Crippen molar-refractivity contribution in [1.29, 1.82) is 0 Å². The molecule has 1 N–H and O–H groups in total. The minimum atomic E-state index is 0.477. The Hall–Kier alpha value is -0.880. The summed E-state index contributed by atoms with van der Waals surface area (Å²) in [5.74, 6) is 0.910. The van der Waals surface area contributed by atoms with E-state index in [-0.39, 0.29) is 0 Å². The molecule has 0 aliphatic rings. The van der Waals surface area contributed by atoms with Crippen molar-refractivity contribution in [2.45, 2.75) is 43.7 Å². The second-order valence-electron chi connectivity index (χ2n) is 5.05. The number of rotatable bonds is 8. The van der Waals surface area contributed by atoms with Crippen LogP contribution in [0.3, 0.4) is 0 Å². The van der Waals surface area contributed by atoms with E-state index in [9.17, 15) is 0 Å². The molecule has 0 saturated carbocycles. The third-order valence-corrected chi connectivity index (χ3v) is 5.18. The number of methoxy groups -OCH3 is 1. The Morgan fingerprint density at radius 3 is 2.71 bits per heavy atom. The van der Waals surface area contributed by atoms with Crippen LogP contribution in [0.2, 0.25) is 0 Å². The van der Waals surface area contributed by atoms with Crippen molar-refractivity contribution in [2.75, 3.05) is 7.11 Å². The zero-order chi connectivity index (χ0) is 15.1. The molecule has 0 fully saturated rings. The van der Waals surface area contributed by atoms with Crippen LogP contribution in [-0.4, -0.2) is 18.1 Å². The monoisotopic (exact) mass is 322 g/mol. The van der Waals surface area contributed by atoms with Gasteiger partial charge in [-0.2, -0.15) is 0 Å². The van der Waals surface area contributed by atoms with E-state index in [0.29, 0.717) is 12.6 Å². The Bertz CT molecular complexity index is 540. The van der Waals surface area contributed by atoms with E-state index in [0.717, 1.165) is 23.0 Å². The van der Waals surface area contributed by atoms with Crippen molar-refractivity contribution in [2.24, 2.45) is 0 Å². The summed E-state index contributed by atoms with van der Waals surface area (Å²) >= 11 is 3.61. The molecule has 0 bridgehead atoms. The van der Waals surface area contributed by atoms with E-state index in [2.05, 4.69) is 43.4 Å². The average Bonchev–Trinajstić information content (AvgIpc) is 2.87. The van der Waals surface area contributed by atoms with Crippen LogP contribution in [0.25, 0.3) is 0 Å². The Kier molecular flexibility index (Phi) is 6.70. The van der Waals surface area contributed by atoms with Gasteiger partial charge in [-0.25, -0.2) is 4.98 Å². The van der Waals surface area contributed by atoms with Crippen LogP contribution < -0.4 is 5.32 Å². The first-order chi connectivity index (χ1) is 10.2. The van der Waals surface area contributed by atoms with Crippen LogP contribution in [0.1, 0.15) is 29.4 Å². The van der Waals surface area contributed by atoms with E-state index in [1.165, 1.54) is 9.77 Å². The minimum absolute atomic E-state index is 0.477. The number of hydrogen-bond acceptors (Lipinski definition) is 5. The standard InChI is InChI=1S/C16H22N2OS2/c1-12(2)17-9-15-14(10-19-3)18-16(21-15)11-20-13-7-5-4-6-8-13/h4-8,12,17H,9-11H2,1-3H3. The Morgan fingerprint density at radius 2 is 2.05 bits per heavy atom. The van der Waals surface area contributed by atoms with E-state index in [4.69, 9.17) is 9.72 Å². The second-order valence-corrected chi connectivity index (χ2v) is 7.26. The summed E-state index contributed by atoms with van der Waals surface area (Å²) in [7, 11) is 1.72. The van der Waals surface area contributed by atoms with Crippen molar-refractivity contribution in [3.05, 3.63) is 45.9 Å². The smallest absolute Gasteiger partial charge is 0.104 e. The van der Waals surface area contributed by atoms with E-state index >= 15 is 0 Å². The molecule has 0 unspecified atom stereocenters. The molecule has 0 aliphatic carbocycles. The summed E-state index contributed by atoms with van der Waals surface area (Å²) in [4.78, 5) is 7.29. The molecular weight excluding hydrogens is 300 g/mol. The molecular formula is C16H22N2OS2. The second kappa shape index (κ2) is 8.54. The zero-order valence-corrected chi connectivity index (χ0v) is 14.4. The Morgan fingerprint density at radius 1 is 1.29 bits per heavy atom. The van der Waals surface area contributed by atoms with Gasteiger partial charge in [0.25, 0.3) is 0 Å². The molecule has 0 saturated heterocycles. The van der Waals surface area contributed by atoms with Gasteiger partial charge in [0.1, 0.15) is 5.01 Å². The molecule has 2 aromatic rings. The van der Waals surface area contributed by atoms with Crippen LogP contribution >= 0.6 is 23.1 Å². The lowest BCUT2D eigenvalue weighted by atomic mass is 10.3. The van der Waals surface area contributed by atoms with Crippen molar-refractivity contribution >= 4 is 23.1 Å². The van der Waals surface area contributed by atoms with Gasteiger partial charge in [-0.05, 0) is 12.1 Å². The predicted octanol–water partition coefficient (Wildman–Crippen LogP) is 4.08. The van der Waals surface area contributed by atoms with Gasteiger partial charge >= 0.3 is 0 Å². The van der Waals surface area contributed by atoms with Crippen LogP contribution in [0.5, 0.6) is 0 Å². The van der Waals surface area contributed by atoms with Gasteiger partial charge < -0.3 is 10.1 Å². The predicted molar refractivity (Wildman–Crippen MR) is 90.8 cm³/mol. The summed E-state index contributed by atoms with van der Waals surface area (Å²) in [5, 5.41) is 4.62. The first-order valence-corrected chi connectivity index (χ1v) is 8.87. The van der Waals surface area contributed by atoms with Crippen molar-refractivity contribution in [1.82, 2.24) is 10.3 Å². The van der Waals surface area contributed by atoms with Gasteiger partial charge in [0.15, 0.2) is 0 Å². The molecule has 0 spiro atoms. The fourth-order valence-corrected chi connectivity index (χ4v) is 3.78. The maximum atomic E-state index is 5.26. The number of nitrogens with zero attached hydrogens (tertiary/aromatic N) is 1. The number of ether oxygens (including phenoxy) is 1. The first-order valence-electron chi connectivity index (χ1n) is 7.06. The molecule has 1 aromatic heterocycles. The zero-order valence-electron chi connectivity index (χ0n) is 12.8. The molecule has 0 aliphatic heterocycles. The summed E-state index contributed by atoms with van der Waals surface area (Å²) in [6.07, 6.45) is 0. The lowest BCUT2D eigenvalue weighted by molar-refractivity contribution is 0.181. The molecule has 2 rings (SSSR count). The molecule has 3 nitrogen and oxygen atoms in total. The molecule has 5 heteroatoms. The largest absolute Gasteiger partial charge is 0.378 e. The van der Waals surface area contributed by atoms with E-state index < -0.39 is 0 Å². The Labute approximate surface area is 135 Å². The highest BCUT2D eigenvalue weighted by Crippen LogP contribution is 2.27. The maximum absolute atomic E-state index is 5.26. The number of benzene rings is 1. The van der Waals surface area contributed by atoms with Crippen LogP contribution in [0.15, 0.2) is 35.2 Å². The lowest BCUT2D eigenvalue weighted by Gasteiger charge is -2.07. The van der Waals surface area contributed by atoms with Gasteiger partial charge in [-0.15, -0.1) is 23.1 Å². The summed E-state index contributed by atoms with van der Waals surface area (Å²) < 4.78 is 5.26. The molecule has 21 heavy (non-hydrogen) atoms. The molecule has 0 radical (unpaired) electrons. The molecule has 0 atom stereocenters. The highest BCUT2D eigenvalue weighted by atomic mass is 32.2. The van der Waals surface area contributed by atoms with Crippen molar-refractivity contribution in [3.63, 3.8) is 0 Å². The quantitative estimate of drug-likeness (QED) is 0.743. The number of aromatic nitrogens is 1. The first kappa shape index (κ1) is 16.5. The van der Waals surface area contributed by atoms with Crippen molar-refractivity contribution < 1.29 is 4.74 Å². The highest BCUT2D eigenvalue weighted by molar-refractivity contribution is 7.98. The SMILES string of the molecule is COCc1nc(CSc2ccccc2)sc1CNC(C)C. The van der Waals surface area contributed by atoms with Crippen LogP contribution in [-0.2, 0) is 23.6 Å². The van der Waals surface area contributed by atoms with Gasteiger partial charge in [0.05, 0.1) is 18.1 Å². The third-order valence-electron chi connectivity index (χ3n) is 2.88. The van der Waals surface area contributed by atoms with E-state index in [1.807, 2.05) is 17.8 Å². The minimum Gasteiger partial charge on any atom is -0.378 e. The normalized spacial score (nSPS) is 11.2. The average molecular weight is 322 g/mol. The molecule has 1 heterocycles. The number of hydrogen-bond donors (Lipinski definition) is 1. The molecule has 0 amide bonds. The number of thiazole rings is 1. The lowest BCUT2D eigenvalue weighted by Crippen LogP contribution is -2.21. The van der Waals surface area contributed by atoms with Crippen molar-refractivity contribution in [3.8, 4) is 0 Å². The fourth-order valence-electron chi connectivity index (χ4n) is 1.84. The Balaban J connectivity index is 2.00.